The van der Waals surface area contributed by atoms with Crippen LogP contribution in [0.15, 0.2) is 45.7 Å². The van der Waals surface area contributed by atoms with Gasteiger partial charge in [-0.3, -0.25) is 15.1 Å². The van der Waals surface area contributed by atoms with Crippen molar-refractivity contribution in [1.82, 2.24) is 14.9 Å². The minimum atomic E-state index is -0.649. The molecule has 0 fully saturated rings. The standard InChI is InChI=1S/C26H33N5O5/c1-17-19(29-25(34)36-26(2,3)4)10-11-20-22(17)23(33)35-24(28-20)31(6)16-13-21(32)30(5)15-12-18-9-7-8-14-27-18/h7-11,14H,12-13,15-16H2,1-6H3,(H,29,34). The van der Waals surface area contributed by atoms with E-state index in [4.69, 9.17) is 9.15 Å². The van der Waals surface area contributed by atoms with Crippen molar-refractivity contribution in [2.45, 2.75) is 46.1 Å². The molecule has 36 heavy (non-hydrogen) atoms. The number of hydrogen-bond acceptors (Lipinski definition) is 8. The van der Waals surface area contributed by atoms with Crippen molar-refractivity contribution < 1.29 is 18.7 Å². The predicted molar refractivity (Wildman–Crippen MR) is 138 cm³/mol. The average molecular weight is 496 g/mol. The maximum Gasteiger partial charge on any atom is 0.412 e. The van der Waals surface area contributed by atoms with Crippen LogP contribution in [-0.2, 0) is 16.0 Å². The van der Waals surface area contributed by atoms with Crippen LogP contribution in [0.1, 0.15) is 38.4 Å². The van der Waals surface area contributed by atoms with Crippen LogP contribution in [0.5, 0.6) is 0 Å². The lowest BCUT2D eigenvalue weighted by Gasteiger charge is -2.21. The summed E-state index contributed by atoms with van der Waals surface area (Å²) in [7, 11) is 3.47. The van der Waals surface area contributed by atoms with Crippen molar-refractivity contribution in [1.29, 1.82) is 0 Å². The molecule has 192 valence electrons. The number of anilines is 2. The van der Waals surface area contributed by atoms with Crippen molar-refractivity contribution in [3.05, 3.63) is 58.2 Å². The number of nitrogens with zero attached hydrogens (tertiary/aromatic N) is 4. The Hall–Kier alpha value is -3.95. The number of ether oxygens (including phenoxy) is 1. The monoisotopic (exact) mass is 495 g/mol. The highest BCUT2D eigenvalue weighted by atomic mass is 16.6. The second-order valence-electron chi connectivity index (χ2n) is 9.60. The Morgan fingerprint density at radius 1 is 1.11 bits per heavy atom. The fourth-order valence-corrected chi connectivity index (χ4v) is 3.52. The molecule has 0 bridgehead atoms. The van der Waals surface area contributed by atoms with E-state index in [9.17, 15) is 14.4 Å². The molecule has 0 atom stereocenters. The van der Waals surface area contributed by atoms with E-state index in [0.717, 1.165) is 5.69 Å². The molecule has 0 saturated carbocycles. The first-order chi connectivity index (χ1) is 16.9. The topological polar surface area (TPSA) is 118 Å². The number of hydrogen-bond donors (Lipinski definition) is 1. The second-order valence-corrected chi connectivity index (χ2v) is 9.60. The molecule has 10 nitrogen and oxygen atoms in total. The third-order valence-electron chi connectivity index (χ3n) is 5.53. The van der Waals surface area contributed by atoms with Crippen LogP contribution >= 0.6 is 0 Å². The number of aryl methyl sites for hydroxylation is 1. The van der Waals surface area contributed by atoms with Gasteiger partial charge in [0.25, 0.3) is 6.01 Å². The molecule has 2 amide bonds. The van der Waals surface area contributed by atoms with Gasteiger partial charge in [-0.2, -0.15) is 4.98 Å². The number of carbonyl (C=O) groups excluding carboxylic acids is 2. The smallest absolute Gasteiger partial charge is 0.412 e. The van der Waals surface area contributed by atoms with Crippen molar-refractivity contribution in [2.24, 2.45) is 0 Å². The summed E-state index contributed by atoms with van der Waals surface area (Å²) in [5.74, 6) is -0.0328. The van der Waals surface area contributed by atoms with Gasteiger partial charge in [0.2, 0.25) is 5.91 Å². The molecule has 2 aromatic heterocycles. The van der Waals surface area contributed by atoms with E-state index < -0.39 is 17.3 Å². The molecule has 0 saturated heterocycles. The fraction of sp³-hybridized carbons (Fsp3) is 0.423. The summed E-state index contributed by atoms with van der Waals surface area (Å²) in [6, 6.07) is 9.12. The van der Waals surface area contributed by atoms with Crippen LogP contribution in [0.2, 0.25) is 0 Å². The van der Waals surface area contributed by atoms with E-state index in [1.54, 1.807) is 69.9 Å². The largest absolute Gasteiger partial charge is 0.444 e. The fourth-order valence-electron chi connectivity index (χ4n) is 3.52. The van der Waals surface area contributed by atoms with Gasteiger partial charge in [0.05, 0.1) is 10.9 Å². The molecule has 1 aromatic carbocycles. The van der Waals surface area contributed by atoms with E-state index in [-0.39, 0.29) is 23.7 Å². The summed E-state index contributed by atoms with van der Waals surface area (Å²) >= 11 is 0. The lowest BCUT2D eigenvalue weighted by Crippen LogP contribution is -2.32. The normalized spacial score (nSPS) is 11.3. The Morgan fingerprint density at radius 3 is 2.53 bits per heavy atom. The minimum absolute atomic E-state index is 0.0328. The molecule has 0 spiro atoms. The summed E-state index contributed by atoms with van der Waals surface area (Å²) in [4.78, 5) is 49.5. The average Bonchev–Trinajstić information content (AvgIpc) is 2.81. The van der Waals surface area contributed by atoms with Gasteiger partial charge in [0.1, 0.15) is 5.60 Å². The summed E-state index contributed by atoms with van der Waals surface area (Å²) < 4.78 is 10.7. The minimum Gasteiger partial charge on any atom is -0.444 e. The lowest BCUT2D eigenvalue weighted by molar-refractivity contribution is -0.129. The third kappa shape index (κ3) is 7.03. The van der Waals surface area contributed by atoms with Crippen molar-refractivity contribution in [2.75, 3.05) is 37.4 Å². The number of aromatic nitrogens is 2. The SMILES string of the molecule is Cc1c(NC(=O)OC(C)(C)C)ccc2nc(N(C)CCC(=O)N(C)CCc3ccccn3)oc(=O)c12. The highest BCUT2D eigenvalue weighted by Gasteiger charge is 2.19. The van der Waals surface area contributed by atoms with Gasteiger partial charge in [0.15, 0.2) is 0 Å². The van der Waals surface area contributed by atoms with Crippen LogP contribution in [0.3, 0.4) is 0 Å². The third-order valence-corrected chi connectivity index (χ3v) is 5.53. The van der Waals surface area contributed by atoms with Crippen LogP contribution in [0.4, 0.5) is 16.5 Å². The Morgan fingerprint density at radius 2 is 1.86 bits per heavy atom. The Kier molecular flexibility index (Phi) is 8.29. The van der Waals surface area contributed by atoms with Gasteiger partial charge in [-0.15, -0.1) is 0 Å². The molecular weight excluding hydrogens is 462 g/mol. The van der Waals surface area contributed by atoms with Crippen LogP contribution in [0, 0.1) is 6.92 Å². The van der Waals surface area contributed by atoms with Gasteiger partial charge in [-0.05, 0) is 57.5 Å². The lowest BCUT2D eigenvalue weighted by atomic mass is 10.1. The van der Waals surface area contributed by atoms with E-state index in [2.05, 4.69) is 15.3 Å². The number of benzene rings is 1. The van der Waals surface area contributed by atoms with E-state index in [1.165, 1.54) is 0 Å². The Bertz CT molecular complexity index is 1280. The van der Waals surface area contributed by atoms with Crippen molar-refractivity contribution in [3.8, 4) is 0 Å². The van der Waals surface area contributed by atoms with Gasteiger partial charge < -0.3 is 19.0 Å². The van der Waals surface area contributed by atoms with Gasteiger partial charge in [0, 0.05) is 57.6 Å². The number of nitrogens with one attached hydrogen (secondary N) is 1. The molecule has 0 aliphatic rings. The zero-order valence-electron chi connectivity index (χ0n) is 21.6. The molecule has 3 aromatic rings. The predicted octanol–water partition coefficient (Wildman–Crippen LogP) is 3.77. The molecule has 3 rings (SSSR count). The van der Waals surface area contributed by atoms with Crippen molar-refractivity contribution in [3.63, 3.8) is 0 Å². The number of pyridine rings is 1. The van der Waals surface area contributed by atoms with E-state index in [1.807, 2.05) is 18.2 Å². The molecule has 1 N–H and O–H groups in total. The summed E-state index contributed by atoms with van der Waals surface area (Å²) in [5, 5.41) is 2.93. The number of carbonyl (C=O) groups is 2. The molecule has 2 heterocycles. The first-order valence-corrected chi connectivity index (χ1v) is 11.7. The molecule has 0 unspecified atom stereocenters. The van der Waals surface area contributed by atoms with Crippen LogP contribution < -0.4 is 15.8 Å². The number of fused-ring (bicyclic) bond motifs is 1. The maximum atomic E-state index is 12.8. The molecule has 0 radical (unpaired) electrons. The van der Waals surface area contributed by atoms with Crippen LogP contribution in [0.25, 0.3) is 10.9 Å². The Balaban J connectivity index is 1.65. The summed E-state index contributed by atoms with van der Waals surface area (Å²) in [5.41, 5.74) is 1.09. The first-order valence-electron chi connectivity index (χ1n) is 11.7. The molecular formula is C26H33N5O5. The molecule has 0 aliphatic heterocycles. The second kappa shape index (κ2) is 11.2. The highest BCUT2D eigenvalue weighted by molar-refractivity contribution is 5.93. The quantitative estimate of drug-likeness (QED) is 0.502. The first kappa shape index (κ1) is 26.7. The highest BCUT2D eigenvalue weighted by Crippen LogP contribution is 2.24. The van der Waals surface area contributed by atoms with Gasteiger partial charge in [-0.1, -0.05) is 6.07 Å². The van der Waals surface area contributed by atoms with Crippen LogP contribution in [-0.4, -0.2) is 59.7 Å². The summed E-state index contributed by atoms with van der Waals surface area (Å²) in [6.45, 7) is 7.89. The molecule has 10 heteroatoms. The number of likely N-dealkylation sites (N-methyl/N-ethyl adjacent to an activating group) is 1. The van der Waals surface area contributed by atoms with E-state index >= 15 is 0 Å². The van der Waals surface area contributed by atoms with E-state index in [0.29, 0.717) is 36.3 Å². The number of amides is 2. The van der Waals surface area contributed by atoms with Gasteiger partial charge >= 0.3 is 11.7 Å². The molecule has 0 aliphatic carbocycles. The maximum absolute atomic E-state index is 12.8. The Labute approximate surface area is 210 Å². The zero-order valence-corrected chi connectivity index (χ0v) is 21.6. The van der Waals surface area contributed by atoms with Crippen molar-refractivity contribution >= 4 is 34.6 Å². The van der Waals surface area contributed by atoms with Gasteiger partial charge in [-0.25, -0.2) is 9.59 Å². The number of rotatable bonds is 8. The summed E-state index contributed by atoms with van der Waals surface area (Å²) in [6.07, 6.45) is 2.02. The zero-order chi connectivity index (χ0) is 26.5.